The van der Waals surface area contributed by atoms with Crippen molar-refractivity contribution >= 4 is 27.3 Å². The third-order valence-corrected chi connectivity index (χ3v) is 4.02. The number of aryl methyl sites for hydroxylation is 1. The molecule has 0 aliphatic carbocycles. The van der Waals surface area contributed by atoms with Gasteiger partial charge in [0.1, 0.15) is 16.2 Å². The van der Waals surface area contributed by atoms with Crippen molar-refractivity contribution in [2.45, 2.75) is 6.92 Å². The van der Waals surface area contributed by atoms with Crippen LogP contribution < -0.4 is 4.90 Å². The average Bonchev–Trinajstić information content (AvgIpc) is 2.77. The van der Waals surface area contributed by atoms with Crippen molar-refractivity contribution < 1.29 is 0 Å². The summed E-state index contributed by atoms with van der Waals surface area (Å²) >= 11 is 3.57. The maximum atomic E-state index is 4.72. The van der Waals surface area contributed by atoms with Crippen molar-refractivity contribution in [2.24, 2.45) is 0 Å². The molecular weight excluding hydrogens is 314 g/mol. The van der Waals surface area contributed by atoms with Crippen LogP contribution in [0.2, 0.25) is 0 Å². The number of benzene rings is 1. The average molecular weight is 330 g/mol. The van der Waals surface area contributed by atoms with E-state index in [1.807, 2.05) is 14.1 Å². The standard InChI is InChI=1S/C16H16BrN3/c1-11-7-4-5-8-12(11)16-18-15(17)13-9-6-10-14(19(2)3)20(13)16/h4-10H,1-3H3. The molecule has 0 unspecified atom stereocenters. The maximum absolute atomic E-state index is 4.72. The summed E-state index contributed by atoms with van der Waals surface area (Å²) in [6, 6.07) is 14.6. The fraction of sp³-hybridized carbons (Fsp3) is 0.188. The van der Waals surface area contributed by atoms with Crippen LogP contribution in [0.15, 0.2) is 47.1 Å². The Bertz CT molecular complexity index is 774. The van der Waals surface area contributed by atoms with Gasteiger partial charge in [-0.2, -0.15) is 0 Å². The zero-order valence-corrected chi connectivity index (χ0v) is 13.3. The Morgan fingerprint density at radius 1 is 1.05 bits per heavy atom. The molecule has 3 nitrogen and oxygen atoms in total. The van der Waals surface area contributed by atoms with Crippen LogP contribution in [-0.2, 0) is 0 Å². The van der Waals surface area contributed by atoms with Crippen molar-refractivity contribution in [3.8, 4) is 11.4 Å². The first kappa shape index (κ1) is 13.2. The number of anilines is 1. The highest BCUT2D eigenvalue weighted by Crippen LogP contribution is 2.31. The second kappa shape index (κ2) is 4.94. The highest BCUT2D eigenvalue weighted by atomic mass is 79.9. The van der Waals surface area contributed by atoms with Crippen molar-refractivity contribution in [1.82, 2.24) is 9.38 Å². The van der Waals surface area contributed by atoms with E-state index >= 15 is 0 Å². The second-order valence-corrected chi connectivity index (χ2v) is 5.79. The summed E-state index contributed by atoms with van der Waals surface area (Å²) in [4.78, 5) is 6.82. The first-order chi connectivity index (χ1) is 9.59. The third-order valence-electron chi connectivity index (χ3n) is 3.44. The first-order valence-corrected chi connectivity index (χ1v) is 7.29. The van der Waals surface area contributed by atoms with Crippen molar-refractivity contribution in [3.63, 3.8) is 0 Å². The minimum atomic E-state index is 0.874. The molecule has 0 radical (unpaired) electrons. The normalized spacial score (nSPS) is 11.0. The molecular formula is C16H16BrN3. The molecule has 20 heavy (non-hydrogen) atoms. The van der Waals surface area contributed by atoms with Crippen LogP contribution in [0.1, 0.15) is 5.56 Å². The molecule has 102 valence electrons. The fourth-order valence-electron chi connectivity index (χ4n) is 2.44. The molecule has 0 aliphatic rings. The van der Waals surface area contributed by atoms with E-state index in [0.717, 1.165) is 27.3 Å². The molecule has 2 heterocycles. The first-order valence-electron chi connectivity index (χ1n) is 6.50. The summed E-state index contributed by atoms with van der Waals surface area (Å²) in [5.41, 5.74) is 3.46. The fourth-order valence-corrected chi connectivity index (χ4v) is 2.91. The van der Waals surface area contributed by atoms with Crippen molar-refractivity contribution in [2.75, 3.05) is 19.0 Å². The summed E-state index contributed by atoms with van der Waals surface area (Å²) in [6.45, 7) is 2.11. The Hall–Kier alpha value is -1.81. The Labute approximate surface area is 127 Å². The minimum Gasteiger partial charge on any atom is -0.364 e. The zero-order valence-electron chi connectivity index (χ0n) is 11.8. The lowest BCUT2D eigenvalue weighted by atomic mass is 10.1. The lowest BCUT2D eigenvalue weighted by Crippen LogP contribution is -2.13. The van der Waals surface area contributed by atoms with Gasteiger partial charge in [0.05, 0.1) is 5.52 Å². The molecule has 0 spiro atoms. The number of aromatic nitrogens is 2. The molecule has 1 aromatic carbocycles. The van der Waals surface area contributed by atoms with Crippen LogP contribution in [0.5, 0.6) is 0 Å². The minimum absolute atomic E-state index is 0.874. The van der Waals surface area contributed by atoms with Gasteiger partial charge in [0.15, 0.2) is 0 Å². The van der Waals surface area contributed by atoms with Crippen molar-refractivity contribution in [1.29, 1.82) is 0 Å². The molecule has 3 rings (SSSR count). The van der Waals surface area contributed by atoms with Crippen LogP contribution in [0.3, 0.4) is 0 Å². The van der Waals surface area contributed by atoms with Gasteiger partial charge in [-0.1, -0.05) is 30.3 Å². The Kier molecular flexibility index (Phi) is 3.26. The van der Waals surface area contributed by atoms with Gasteiger partial charge < -0.3 is 4.90 Å². The maximum Gasteiger partial charge on any atom is 0.147 e. The monoisotopic (exact) mass is 329 g/mol. The van der Waals surface area contributed by atoms with Crippen LogP contribution in [0.4, 0.5) is 5.82 Å². The van der Waals surface area contributed by atoms with Crippen LogP contribution in [0, 0.1) is 6.92 Å². The molecule has 0 aliphatic heterocycles. The summed E-state index contributed by atoms with van der Waals surface area (Å²) in [5.74, 6) is 2.08. The smallest absolute Gasteiger partial charge is 0.147 e. The van der Waals surface area contributed by atoms with Crippen LogP contribution in [0.25, 0.3) is 16.9 Å². The summed E-state index contributed by atoms with van der Waals surface area (Å²) in [6.07, 6.45) is 0. The number of nitrogens with zero attached hydrogens (tertiary/aromatic N) is 3. The highest BCUT2D eigenvalue weighted by molar-refractivity contribution is 9.10. The molecule has 0 saturated carbocycles. The SMILES string of the molecule is Cc1ccccc1-c1nc(Br)c2cccc(N(C)C)n12. The highest BCUT2D eigenvalue weighted by Gasteiger charge is 2.15. The van der Waals surface area contributed by atoms with E-state index in [1.54, 1.807) is 0 Å². The molecule has 0 saturated heterocycles. The molecule has 4 heteroatoms. The topological polar surface area (TPSA) is 20.5 Å². The van der Waals surface area contributed by atoms with E-state index in [2.05, 4.69) is 74.6 Å². The number of imidazole rings is 1. The van der Waals surface area contributed by atoms with Gasteiger partial charge in [-0.25, -0.2) is 4.98 Å². The molecule has 3 aromatic rings. The number of hydrogen-bond acceptors (Lipinski definition) is 2. The molecule has 0 amide bonds. The molecule has 0 fully saturated rings. The molecule has 0 bridgehead atoms. The predicted octanol–water partition coefficient (Wildman–Crippen LogP) is 4.14. The van der Waals surface area contributed by atoms with Gasteiger partial charge in [0, 0.05) is 19.7 Å². The predicted molar refractivity (Wildman–Crippen MR) is 87.4 cm³/mol. The largest absolute Gasteiger partial charge is 0.364 e. The van der Waals surface area contributed by atoms with E-state index in [1.165, 1.54) is 5.56 Å². The second-order valence-electron chi connectivity index (χ2n) is 5.04. The Morgan fingerprint density at radius 3 is 2.50 bits per heavy atom. The van der Waals surface area contributed by atoms with E-state index < -0.39 is 0 Å². The number of hydrogen-bond donors (Lipinski definition) is 0. The summed E-state index contributed by atoms with van der Waals surface area (Å²) < 4.78 is 3.06. The van der Waals surface area contributed by atoms with E-state index in [-0.39, 0.29) is 0 Å². The van der Waals surface area contributed by atoms with Crippen LogP contribution >= 0.6 is 15.9 Å². The van der Waals surface area contributed by atoms with Gasteiger partial charge in [0.25, 0.3) is 0 Å². The third kappa shape index (κ3) is 2.00. The summed E-state index contributed by atoms with van der Waals surface area (Å²) in [7, 11) is 4.09. The van der Waals surface area contributed by atoms with E-state index in [4.69, 9.17) is 4.98 Å². The van der Waals surface area contributed by atoms with Gasteiger partial charge in [-0.05, 0) is 40.5 Å². The summed E-state index contributed by atoms with van der Waals surface area (Å²) in [5, 5.41) is 0. The van der Waals surface area contributed by atoms with Crippen molar-refractivity contribution in [3.05, 3.63) is 52.6 Å². The van der Waals surface area contributed by atoms with E-state index in [0.29, 0.717) is 0 Å². The molecule has 0 atom stereocenters. The quantitative estimate of drug-likeness (QED) is 0.704. The Balaban J connectivity index is 2.40. The molecule has 0 N–H and O–H groups in total. The van der Waals surface area contributed by atoms with E-state index in [9.17, 15) is 0 Å². The van der Waals surface area contributed by atoms with Crippen LogP contribution in [-0.4, -0.2) is 23.5 Å². The lowest BCUT2D eigenvalue weighted by Gasteiger charge is -2.16. The zero-order chi connectivity index (χ0) is 14.3. The number of fused-ring (bicyclic) bond motifs is 1. The lowest BCUT2D eigenvalue weighted by molar-refractivity contribution is 1.02. The number of halogens is 1. The number of pyridine rings is 1. The number of rotatable bonds is 2. The van der Waals surface area contributed by atoms with Gasteiger partial charge in [-0.15, -0.1) is 0 Å². The molecule has 2 aromatic heterocycles. The van der Waals surface area contributed by atoms with Gasteiger partial charge in [0.2, 0.25) is 0 Å². The van der Waals surface area contributed by atoms with Gasteiger partial charge in [-0.3, -0.25) is 4.40 Å². The Morgan fingerprint density at radius 2 is 1.80 bits per heavy atom. The van der Waals surface area contributed by atoms with Gasteiger partial charge >= 0.3 is 0 Å².